The van der Waals surface area contributed by atoms with Crippen molar-refractivity contribution >= 4 is 45.1 Å². The van der Waals surface area contributed by atoms with Gasteiger partial charge in [-0.15, -0.1) is 11.3 Å². The van der Waals surface area contributed by atoms with Crippen molar-refractivity contribution in [3.63, 3.8) is 0 Å². The fraction of sp³-hybridized carbons (Fsp3) is 0.379. The summed E-state index contributed by atoms with van der Waals surface area (Å²) < 4.78 is 38.6. The number of nitrogens with zero attached hydrogens (tertiary/aromatic N) is 1. The van der Waals surface area contributed by atoms with Crippen molar-refractivity contribution in [3.8, 4) is 23.0 Å². The molecule has 0 fully saturated rings. The molecule has 4 rings (SSSR count). The number of ether oxygens (including phenoxy) is 4. The smallest absolute Gasteiger partial charge is 0.303 e. The Labute approximate surface area is 244 Å². The molecule has 0 atom stereocenters. The van der Waals surface area contributed by atoms with E-state index < -0.39 is 17.8 Å². The molecule has 1 amide bonds. The third-order valence-electron chi connectivity index (χ3n) is 6.65. The predicted molar refractivity (Wildman–Crippen MR) is 149 cm³/mol. The summed E-state index contributed by atoms with van der Waals surface area (Å²) in [5, 5.41) is 18.4. The van der Waals surface area contributed by atoms with Crippen LogP contribution >= 0.6 is 11.3 Å². The standard InChI is InChI=1S/C29H30FNO10S/c1-38-20-13-23-16(12-24(42-23)19(32)4-6-26(34)35)10-21(20)40-8-3-9-41-29-22(39-2)11-17-14-31(15-18(17)28(29)30)25(33)5-7-27(36)37/h10-13H,3-9,14-15H2,1-2H3,(H,34,35)(H,36,37). The SMILES string of the molecule is COc1cc2sc(C(=O)CCC(=O)O)cc2cc1OCCCOc1c(OC)cc2c(c1F)CN(C(=O)CCC(=O)O)C2. The van der Waals surface area contributed by atoms with E-state index in [1.807, 2.05) is 0 Å². The summed E-state index contributed by atoms with van der Waals surface area (Å²) in [5.74, 6) is -2.34. The number of methoxy groups -OCH3 is 2. The van der Waals surface area contributed by atoms with Gasteiger partial charge >= 0.3 is 11.9 Å². The van der Waals surface area contributed by atoms with Crippen molar-refractivity contribution in [2.24, 2.45) is 0 Å². The van der Waals surface area contributed by atoms with Crippen LogP contribution in [-0.2, 0) is 27.5 Å². The maximum absolute atomic E-state index is 15.4. The van der Waals surface area contributed by atoms with Crippen LogP contribution in [0.25, 0.3) is 10.1 Å². The highest BCUT2D eigenvalue weighted by Gasteiger charge is 2.30. The van der Waals surface area contributed by atoms with E-state index in [9.17, 15) is 19.2 Å². The molecule has 0 bridgehead atoms. The molecule has 2 heterocycles. The summed E-state index contributed by atoms with van der Waals surface area (Å²) in [7, 11) is 2.88. The van der Waals surface area contributed by atoms with Gasteiger partial charge in [-0.1, -0.05) is 0 Å². The van der Waals surface area contributed by atoms with Crippen molar-refractivity contribution in [2.45, 2.75) is 45.2 Å². The molecule has 42 heavy (non-hydrogen) atoms. The van der Waals surface area contributed by atoms with E-state index in [-0.39, 0.29) is 75.2 Å². The van der Waals surface area contributed by atoms with Crippen LogP contribution < -0.4 is 18.9 Å². The van der Waals surface area contributed by atoms with Crippen LogP contribution in [0.15, 0.2) is 24.3 Å². The van der Waals surface area contributed by atoms with Crippen LogP contribution in [0.3, 0.4) is 0 Å². The Balaban J connectivity index is 1.36. The number of thiophene rings is 1. The van der Waals surface area contributed by atoms with Gasteiger partial charge in [0.05, 0.1) is 45.2 Å². The Bertz CT molecular complexity index is 1520. The number of amides is 1. The fourth-order valence-corrected chi connectivity index (χ4v) is 5.55. The minimum absolute atomic E-state index is 0.0147. The summed E-state index contributed by atoms with van der Waals surface area (Å²) in [4.78, 5) is 48.1. The minimum atomic E-state index is -1.08. The molecule has 13 heteroatoms. The van der Waals surface area contributed by atoms with Gasteiger partial charge in [0.2, 0.25) is 5.91 Å². The lowest BCUT2D eigenvalue weighted by Gasteiger charge is -2.15. The third-order valence-corrected chi connectivity index (χ3v) is 7.79. The number of carboxylic acid groups (broad SMARTS) is 2. The molecule has 1 aliphatic rings. The first-order valence-corrected chi connectivity index (χ1v) is 13.9. The number of hydrogen-bond donors (Lipinski definition) is 2. The molecule has 0 saturated heterocycles. The molecule has 2 aromatic carbocycles. The van der Waals surface area contributed by atoms with Crippen LogP contribution in [0, 0.1) is 5.82 Å². The van der Waals surface area contributed by atoms with E-state index >= 15 is 4.39 Å². The molecule has 0 saturated carbocycles. The van der Waals surface area contributed by atoms with Gasteiger partial charge in [-0.3, -0.25) is 19.2 Å². The summed E-state index contributed by atoms with van der Waals surface area (Å²) in [6, 6.07) is 6.81. The molecule has 1 aromatic heterocycles. The normalized spacial score (nSPS) is 12.2. The van der Waals surface area contributed by atoms with Gasteiger partial charge in [0, 0.05) is 48.7 Å². The number of fused-ring (bicyclic) bond motifs is 2. The average molecular weight is 604 g/mol. The first-order valence-electron chi connectivity index (χ1n) is 13.1. The number of aliphatic carboxylic acids is 2. The van der Waals surface area contributed by atoms with Crippen molar-refractivity contribution < 1.29 is 52.7 Å². The van der Waals surface area contributed by atoms with Gasteiger partial charge < -0.3 is 34.1 Å². The van der Waals surface area contributed by atoms with Crippen molar-refractivity contribution in [2.75, 3.05) is 27.4 Å². The molecule has 0 spiro atoms. The van der Waals surface area contributed by atoms with Crippen molar-refractivity contribution in [1.29, 1.82) is 0 Å². The van der Waals surface area contributed by atoms with E-state index in [0.29, 0.717) is 33.9 Å². The highest BCUT2D eigenvalue weighted by Crippen LogP contribution is 2.40. The average Bonchev–Trinajstić information content (AvgIpc) is 3.59. The number of halogens is 1. The molecule has 0 radical (unpaired) electrons. The lowest BCUT2D eigenvalue weighted by atomic mass is 10.1. The van der Waals surface area contributed by atoms with E-state index in [0.717, 1.165) is 10.1 Å². The Morgan fingerprint density at radius 3 is 2.24 bits per heavy atom. The second kappa shape index (κ2) is 13.5. The number of ketones is 1. The predicted octanol–water partition coefficient (Wildman–Crippen LogP) is 4.66. The number of rotatable bonds is 15. The molecular formula is C29H30FNO10S. The maximum Gasteiger partial charge on any atom is 0.303 e. The molecule has 1 aliphatic heterocycles. The second-order valence-corrected chi connectivity index (χ2v) is 10.6. The Morgan fingerprint density at radius 2 is 1.55 bits per heavy atom. The molecule has 3 aromatic rings. The summed E-state index contributed by atoms with van der Waals surface area (Å²) in [5.41, 5.74) is 0.881. The first-order chi connectivity index (χ1) is 20.1. The first kappa shape index (κ1) is 30.6. The van der Waals surface area contributed by atoms with Gasteiger partial charge in [-0.05, 0) is 29.1 Å². The van der Waals surface area contributed by atoms with Crippen LogP contribution in [0.5, 0.6) is 23.0 Å². The monoisotopic (exact) mass is 603 g/mol. The van der Waals surface area contributed by atoms with Crippen molar-refractivity contribution in [1.82, 2.24) is 4.90 Å². The Morgan fingerprint density at radius 1 is 0.857 bits per heavy atom. The maximum atomic E-state index is 15.4. The second-order valence-electron chi connectivity index (χ2n) is 9.52. The third kappa shape index (κ3) is 7.08. The van der Waals surface area contributed by atoms with E-state index in [4.69, 9.17) is 29.2 Å². The zero-order valence-corrected chi connectivity index (χ0v) is 23.9. The molecule has 2 N–H and O–H groups in total. The summed E-state index contributed by atoms with van der Waals surface area (Å²) in [6.45, 7) is 0.472. The zero-order valence-electron chi connectivity index (χ0n) is 23.1. The highest BCUT2D eigenvalue weighted by atomic mass is 32.1. The van der Waals surface area contributed by atoms with Crippen LogP contribution in [0.1, 0.15) is 52.9 Å². The van der Waals surface area contributed by atoms with Gasteiger partial charge in [0.15, 0.2) is 34.6 Å². The quantitative estimate of drug-likeness (QED) is 0.186. The van der Waals surface area contributed by atoms with E-state index in [1.165, 1.54) is 30.5 Å². The minimum Gasteiger partial charge on any atom is -0.493 e. The van der Waals surface area contributed by atoms with E-state index in [1.54, 1.807) is 24.3 Å². The molecule has 11 nitrogen and oxygen atoms in total. The highest BCUT2D eigenvalue weighted by molar-refractivity contribution is 7.20. The molecule has 0 unspecified atom stereocenters. The van der Waals surface area contributed by atoms with Crippen LogP contribution in [0.2, 0.25) is 0 Å². The number of carbonyl (C=O) groups excluding carboxylic acids is 2. The number of Topliss-reactive ketones (excluding diaryl/α,β-unsaturated/α-hetero) is 1. The number of carboxylic acids is 2. The van der Waals surface area contributed by atoms with Gasteiger partial charge in [-0.2, -0.15) is 0 Å². The lowest BCUT2D eigenvalue weighted by molar-refractivity contribution is -0.141. The van der Waals surface area contributed by atoms with E-state index in [2.05, 4.69) is 0 Å². The number of hydrogen-bond acceptors (Lipinski definition) is 9. The van der Waals surface area contributed by atoms with Crippen molar-refractivity contribution in [3.05, 3.63) is 46.1 Å². The van der Waals surface area contributed by atoms with Gasteiger partial charge in [0.25, 0.3) is 0 Å². The topological polar surface area (TPSA) is 149 Å². The largest absolute Gasteiger partial charge is 0.493 e. The van der Waals surface area contributed by atoms with Gasteiger partial charge in [0.1, 0.15) is 0 Å². The zero-order chi connectivity index (χ0) is 30.4. The van der Waals surface area contributed by atoms with Crippen LogP contribution in [-0.4, -0.2) is 66.2 Å². The molecule has 224 valence electrons. The number of benzene rings is 2. The fourth-order valence-electron chi connectivity index (χ4n) is 4.51. The molecular weight excluding hydrogens is 573 g/mol. The lowest BCUT2D eigenvalue weighted by Crippen LogP contribution is -2.25. The van der Waals surface area contributed by atoms with Gasteiger partial charge in [-0.25, -0.2) is 4.39 Å². The Kier molecular flexibility index (Phi) is 9.84. The van der Waals surface area contributed by atoms with Crippen LogP contribution in [0.4, 0.5) is 4.39 Å². The summed E-state index contributed by atoms with van der Waals surface area (Å²) >= 11 is 1.25. The summed E-state index contributed by atoms with van der Waals surface area (Å²) in [6.07, 6.45) is -0.400. The Hall–Kier alpha value is -4.39. The number of carbonyl (C=O) groups is 4. The molecule has 0 aliphatic carbocycles.